The molecule has 0 bridgehead atoms. The van der Waals surface area contributed by atoms with Crippen molar-refractivity contribution >= 4 is 0 Å². The maximum Gasteiger partial charge on any atom is 0.0897 e. The second-order valence-corrected chi connectivity index (χ2v) is 6.04. The second kappa shape index (κ2) is 10.6. The molecule has 0 aromatic heterocycles. The molecular weight excluding hydrogens is 252 g/mol. The van der Waals surface area contributed by atoms with Gasteiger partial charge in [-0.25, -0.2) is 0 Å². The van der Waals surface area contributed by atoms with E-state index in [0.717, 1.165) is 19.6 Å². The maximum absolute atomic E-state index is 9.98. The lowest BCUT2D eigenvalue weighted by atomic mass is 9.98. The molecule has 1 aliphatic rings. The van der Waals surface area contributed by atoms with E-state index in [0.29, 0.717) is 25.3 Å². The minimum Gasteiger partial charge on any atom is -0.389 e. The van der Waals surface area contributed by atoms with Crippen molar-refractivity contribution in [3.63, 3.8) is 0 Å². The first-order valence-electron chi connectivity index (χ1n) is 8.41. The molecule has 4 nitrogen and oxygen atoms in total. The lowest BCUT2D eigenvalue weighted by Crippen LogP contribution is -2.43. The zero-order valence-electron chi connectivity index (χ0n) is 13.6. The smallest absolute Gasteiger partial charge is 0.0897 e. The zero-order chi connectivity index (χ0) is 14.8. The van der Waals surface area contributed by atoms with Crippen LogP contribution in [0.2, 0.25) is 0 Å². The molecule has 1 aliphatic carbocycles. The van der Waals surface area contributed by atoms with Gasteiger partial charge in [0.05, 0.1) is 18.8 Å². The van der Waals surface area contributed by atoms with Gasteiger partial charge in [-0.2, -0.15) is 0 Å². The number of nitrogens with zero attached hydrogens (tertiary/aromatic N) is 1. The Balaban J connectivity index is 2.07. The molecule has 0 amide bonds. The number of nitrogens with one attached hydrogen (secondary N) is 1. The third-order valence-electron chi connectivity index (χ3n) is 4.20. The predicted octanol–water partition coefficient (Wildman–Crippen LogP) is 2.02. The molecular formula is C16H34N2O2. The van der Waals surface area contributed by atoms with E-state index in [1.807, 2.05) is 0 Å². The Kier molecular flexibility index (Phi) is 9.44. The monoisotopic (exact) mass is 286 g/mol. The quantitative estimate of drug-likeness (QED) is 0.645. The fourth-order valence-electron chi connectivity index (χ4n) is 2.81. The van der Waals surface area contributed by atoms with Crippen molar-refractivity contribution < 1.29 is 9.84 Å². The number of hydrogen-bond donors (Lipinski definition) is 2. The van der Waals surface area contributed by atoms with E-state index in [2.05, 4.69) is 31.0 Å². The van der Waals surface area contributed by atoms with Crippen LogP contribution in [0, 0.1) is 0 Å². The summed E-state index contributed by atoms with van der Waals surface area (Å²) in [4.78, 5) is 2.39. The van der Waals surface area contributed by atoms with Crippen LogP contribution in [-0.4, -0.2) is 61.0 Å². The first-order valence-corrected chi connectivity index (χ1v) is 8.41. The maximum atomic E-state index is 9.98. The van der Waals surface area contributed by atoms with Crippen molar-refractivity contribution in [2.75, 3.05) is 32.8 Å². The molecule has 2 N–H and O–H groups in total. The van der Waals surface area contributed by atoms with Crippen LogP contribution in [-0.2, 0) is 4.74 Å². The van der Waals surface area contributed by atoms with Gasteiger partial charge in [0, 0.05) is 19.1 Å². The molecule has 20 heavy (non-hydrogen) atoms. The summed E-state index contributed by atoms with van der Waals surface area (Å²) in [6.07, 6.45) is 6.21. The van der Waals surface area contributed by atoms with Gasteiger partial charge in [-0.1, -0.05) is 33.1 Å². The molecule has 0 saturated heterocycles. The van der Waals surface area contributed by atoms with Crippen LogP contribution in [0.1, 0.15) is 52.9 Å². The van der Waals surface area contributed by atoms with Gasteiger partial charge in [0.2, 0.25) is 0 Å². The molecule has 0 aliphatic heterocycles. The largest absolute Gasteiger partial charge is 0.389 e. The number of hydrogen-bond acceptors (Lipinski definition) is 4. The highest BCUT2D eigenvalue weighted by Gasteiger charge is 2.16. The van der Waals surface area contributed by atoms with Crippen molar-refractivity contribution in [3.05, 3.63) is 0 Å². The van der Waals surface area contributed by atoms with E-state index in [1.165, 1.54) is 32.1 Å². The minimum absolute atomic E-state index is 0.381. The molecule has 1 fully saturated rings. The van der Waals surface area contributed by atoms with Gasteiger partial charge in [-0.3, -0.25) is 0 Å². The van der Waals surface area contributed by atoms with Crippen LogP contribution in [0.5, 0.6) is 0 Å². The van der Waals surface area contributed by atoms with Crippen LogP contribution in [0.15, 0.2) is 0 Å². The highest BCUT2D eigenvalue weighted by molar-refractivity contribution is 4.70. The van der Waals surface area contributed by atoms with Gasteiger partial charge < -0.3 is 20.1 Å². The van der Waals surface area contributed by atoms with E-state index >= 15 is 0 Å². The highest BCUT2D eigenvalue weighted by Crippen LogP contribution is 2.20. The number of likely N-dealkylation sites (N-methyl/N-ethyl adjacent to an activating group) is 1. The molecule has 0 heterocycles. The summed E-state index contributed by atoms with van der Waals surface area (Å²) in [6, 6.07) is 0.402. The number of aliphatic hydroxyl groups is 1. The van der Waals surface area contributed by atoms with E-state index in [4.69, 9.17) is 4.74 Å². The summed E-state index contributed by atoms with van der Waals surface area (Å²) in [6.45, 7) is 10.8. The molecule has 2 atom stereocenters. The van der Waals surface area contributed by atoms with Crippen LogP contribution in [0.4, 0.5) is 0 Å². The van der Waals surface area contributed by atoms with Gasteiger partial charge in [-0.15, -0.1) is 0 Å². The van der Waals surface area contributed by atoms with Gasteiger partial charge in [0.15, 0.2) is 0 Å². The molecule has 0 aromatic carbocycles. The van der Waals surface area contributed by atoms with Gasteiger partial charge >= 0.3 is 0 Å². The summed E-state index contributed by atoms with van der Waals surface area (Å²) in [7, 11) is 0. The number of aliphatic hydroxyl groups excluding tert-OH is 1. The highest BCUT2D eigenvalue weighted by atomic mass is 16.5. The Labute approximate surface area is 124 Å². The summed E-state index contributed by atoms with van der Waals surface area (Å²) in [5.41, 5.74) is 0. The first kappa shape index (κ1) is 17.9. The Morgan fingerprint density at radius 1 is 1.20 bits per heavy atom. The van der Waals surface area contributed by atoms with E-state index in [-0.39, 0.29) is 0 Å². The molecule has 4 heteroatoms. The van der Waals surface area contributed by atoms with Crippen LogP contribution in [0.3, 0.4) is 0 Å². The minimum atomic E-state index is -0.393. The lowest BCUT2D eigenvalue weighted by molar-refractivity contribution is -0.0236. The van der Waals surface area contributed by atoms with Crippen LogP contribution in [0.25, 0.3) is 0 Å². The topological polar surface area (TPSA) is 44.7 Å². The van der Waals surface area contributed by atoms with Crippen molar-refractivity contribution in [3.8, 4) is 0 Å². The van der Waals surface area contributed by atoms with E-state index in [1.54, 1.807) is 0 Å². The standard InChI is InChI=1S/C16H34N2O2/c1-4-18(5-2)12-14(3)17-11-15(19)13-20-16-9-7-6-8-10-16/h14-17,19H,4-13H2,1-3H3. The zero-order valence-corrected chi connectivity index (χ0v) is 13.6. The number of ether oxygens (including phenoxy) is 1. The van der Waals surface area contributed by atoms with Crippen molar-refractivity contribution in [1.82, 2.24) is 10.2 Å². The summed E-state index contributed by atoms with van der Waals surface area (Å²) in [5.74, 6) is 0. The Hall–Kier alpha value is -0.160. The predicted molar refractivity (Wildman–Crippen MR) is 84.1 cm³/mol. The SMILES string of the molecule is CCN(CC)CC(C)NCC(O)COC1CCCCC1. The Morgan fingerprint density at radius 2 is 1.85 bits per heavy atom. The molecule has 1 rings (SSSR count). The second-order valence-electron chi connectivity index (χ2n) is 6.04. The normalized spacial score (nSPS) is 20.2. The molecule has 0 radical (unpaired) electrons. The van der Waals surface area contributed by atoms with E-state index < -0.39 is 6.10 Å². The average Bonchev–Trinajstić information content (AvgIpc) is 2.49. The molecule has 0 spiro atoms. The summed E-state index contributed by atoms with van der Waals surface area (Å²) < 4.78 is 5.80. The average molecular weight is 286 g/mol. The van der Waals surface area contributed by atoms with Crippen molar-refractivity contribution in [2.45, 2.75) is 71.1 Å². The van der Waals surface area contributed by atoms with E-state index in [9.17, 15) is 5.11 Å². The third kappa shape index (κ3) is 7.58. The molecule has 0 aromatic rings. The summed E-state index contributed by atoms with van der Waals surface area (Å²) in [5, 5.41) is 13.4. The molecule has 2 unspecified atom stereocenters. The number of rotatable bonds is 10. The summed E-state index contributed by atoms with van der Waals surface area (Å²) >= 11 is 0. The first-order chi connectivity index (χ1) is 9.65. The Bertz CT molecular complexity index is 229. The fourth-order valence-corrected chi connectivity index (χ4v) is 2.81. The lowest BCUT2D eigenvalue weighted by Gasteiger charge is -2.26. The van der Waals surface area contributed by atoms with Crippen LogP contribution >= 0.6 is 0 Å². The fraction of sp³-hybridized carbons (Fsp3) is 1.00. The van der Waals surface area contributed by atoms with Gasteiger partial charge in [0.25, 0.3) is 0 Å². The third-order valence-corrected chi connectivity index (χ3v) is 4.20. The molecule has 120 valence electrons. The van der Waals surface area contributed by atoms with Crippen LogP contribution < -0.4 is 5.32 Å². The Morgan fingerprint density at radius 3 is 2.45 bits per heavy atom. The van der Waals surface area contributed by atoms with Gasteiger partial charge in [-0.05, 0) is 32.9 Å². The van der Waals surface area contributed by atoms with Gasteiger partial charge in [0.1, 0.15) is 0 Å². The van der Waals surface area contributed by atoms with Crippen molar-refractivity contribution in [1.29, 1.82) is 0 Å². The molecule has 1 saturated carbocycles. The van der Waals surface area contributed by atoms with Crippen molar-refractivity contribution in [2.24, 2.45) is 0 Å².